The quantitative estimate of drug-likeness (QED) is 0.407. The average molecular weight is 246 g/mol. The molecule has 0 aliphatic heterocycles. The molecule has 0 radical (unpaired) electrons. The summed E-state index contributed by atoms with van der Waals surface area (Å²) in [5.74, 6) is -0.207. The van der Waals surface area contributed by atoms with Crippen LogP contribution >= 0.6 is 0 Å². The van der Waals surface area contributed by atoms with Crippen LogP contribution in [-0.4, -0.2) is 8.07 Å². The van der Waals surface area contributed by atoms with Crippen molar-refractivity contribution in [2.75, 3.05) is 0 Å². The number of allylic oxidation sites excluding steroid dienone is 2. The summed E-state index contributed by atoms with van der Waals surface area (Å²) < 4.78 is 12.9. The van der Waals surface area contributed by atoms with Gasteiger partial charge in [-0.15, -0.1) is 5.73 Å². The Bertz CT molecular complexity index is 469. The van der Waals surface area contributed by atoms with Gasteiger partial charge in [0.2, 0.25) is 0 Å². The van der Waals surface area contributed by atoms with Crippen LogP contribution < -0.4 is 0 Å². The molecule has 0 atom stereocenters. The molecule has 1 aromatic rings. The third-order valence-electron chi connectivity index (χ3n) is 2.40. The van der Waals surface area contributed by atoms with Gasteiger partial charge in [0.25, 0.3) is 0 Å². The van der Waals surface area contributed by atoms with Crippen LogP contribution in [-0.2, 0) is 0 Å². The standard InChI is InChI=1S/C15H19FSi/c1-6-12(2)15(11-17(3,4)5)13-7-9-14(16)10-8-13/h7-11H,1H2,2-5H3/b15-11-. The highest BCUT2D eigenvalue weighted by atomic mass is 28.3. The van der Waals surface area contributed by atoms with Crippen molar-refractivity contribution in [3.63, 3.8) is 0 Å². The van der Waals surface area contributed by atoms with Crippen molar-refractivity contribution < 1.29 is 4.39 Å². The topological polar surface area (TPSA) is 0 Å². The van der Waals surface area contributed by atoms with Crippen molar-refractivity contribution in [3.05, 3.63) is 59.2 Å². The number of hydrogen-bond donors (Lipinski definition) is 0. The zero-order valence-electron chi connectivity index (χ0n) is 11.0. The summed E-state index contributed by atoms with van der Waals surface area (Å²) in [4.78, 5) is 0. The number of benzene rings is 1. The molecule has 0 saturated heterocycles. The molecule has 0 fully saturated rings. The molecular formula is C15H19FSi. The SMILES string of the molecule is C=C=C(C)/C(=C/[Si](C)(C)C)c1ccc(F)cc1. The van der Waals surface area contributed by atoms with Gasteiger partial charge >= 0.3 is 0 Å². The Labute approximate surface area is 104 Å². The highest BCUT2D eigenvalue weighted by Gasteiger charge is 2.13. The third kappa shape index (κ3) is 4.18. The van der Waals surface area contributed by atoms with Gasteiger partial charge in [0, 0.05) is 0 Å². The molecule has 2 heteroatoms. The van der Waals surface area contributed by atoms with E-state index in [0.29, 0.717) is 0 Å². The summed E-state index contributed by atoms with van der Waals surface area (Å²) in [7, 11) is -1.34. The summed E-state index contributed by atoms with van der Waals surface area (Å²) in [5, 5.41) is 0. The van der Waals surface area contributed by atoms with E-state index in [9.17, 15) is 4.39 Å². The van der Waals surface area contributed by atoms with Crippen molar-refractivity contribution in [1.29, 1.82) is 0 Å². The molecule has 17 heavy (non-hydrogen) atoms. The monoisotopic (exact) mass is 246 g/mol. The highest BCUT2D eigenvalue weighted by Crippen LogP contribution is 2.25. The van der Waals surface area contributed by atoms with Crippen LogP contribution in [0.5, 0.6) is 0 Å². The van der Waals surface area contributed by atoms with Gasteiger partial charge < -0.3 is 0 Å². The Morgan fingerprint density at radius 1 is 1.24 bits per heavy atom. The van der Waals surface area contributed by atoms with Crippen LogP contribution in [0.15, 0.2) is 47.8 Å². The van der Waals surface area contributed by atoms with Crippen LogP contribution in [0.25, 0.3) is 5.57 Å². The maximum Gasteiger partial charge on any atom is 0.123 e. The minimum Gasteiger partial charge on any atom is -0.207 e. The lowest BCUT2D eigenvalue weighted by molar-refractivity contribution is 0.627. The molecule has 0 spiro atoms. The second-order valence-corrected chi connectivity index (χ2v) is 10.3. The molecule has 0 unspecified atom stereocenters. The fraction of sp³-hybridized carbons (Fsp3) is 0.267. The largest absolute Gasteiger partial charge is 0.207 e. The van der Waals surface area contributed by atoms with E-state index < -0.39 is 8.07 Å². The van der Waals surface area contributed by atoms with Crippen molar-refractivity contribution in [2.24, 2.45) is 0 Å². The van der Waals surface area contributed by atoms with E-state index in [2.05, 4.69) is 37.7 Å². The van der Waals surface area contributed by atoms with Crippen LogP contribution in [0.1, 0.15) is 12.5 Å². The molecule has 0 aliphatic carbocycles. The van der Waals surface area contributed by atoms with E-state index in [4.69, 9.17) is 0 Å². The maximum absolute atomic E-state index is 12.9. The molecule has 90 valence electrons. The lowest BCUT2D eigenvalue weighted by Crippen LogP contribution is -2.16. The van der Waals surface area contributed by atoms with E-state index in [0.717, 1.165) is 16.7 Å². The molecule has 0 amide bonds. The summed E-state index contributed by atoms with van der Waals surface area (Å²) in [6.07, 6.45) is 0. The molecule has 0 aromatic heterocycles. The van der Waals surface area contributed by atoms with Crippen LogP contribution in [0.4, 0.5) is 4.39 Å². The summed E-state index contributed by atoms with van der Waals surface area (Å²) in [6.45, 7) is 12.5. The first-order valence-corrected chi connectivity index (χ1v) is 9.27. The molecule has 0 heterocycles. The van der Waals surface area contributed by atoms with Gasteiger partial charge in [0.15, 0.2) is 0 Å². The fourth-order valence-electron chi connectivity index (χ4n) is 1.57. The maximum atomic E-state index is 12.9. The first-order chi connectivity index (χ1) is 7.83. The van der Waals surface area contributed by atoms with Crippen LogP contribution in [0, 0.1) is 5.82 Å². The molecule has 1 aromatic carbocycles. The molecule has 0 nitrogen and oxygen atoms in total. The molecule has 1 rings (SSSR count). The van der Waals surface area contributed by atoms with E-state index >= 15 is 0 Å². The minimum atomic E-state index is -1.34. The average Bonchev–Trinajstić information content (AvgIpc) is 2.25. The summed E-state index contributed by atoms with van der Waals surface area (Å²) in [6, 6.07) is 6.60. The Kier molecular flexibility index (Phi) is 4.27. The molecular weight excluding hydrogens is 227 g/mol. The fourth-order valence-corrected chi connectivity index (χ4v) is 2.81. The van der Waals surface area contributed by atoms with Gasteiger partial charge in [0.1, 0.15) is 5.82 Å². The normalized spacial score (nSPS) is 12.2. The zero-order valence-corrected chi connectivity index (χ0v) is 12.0. The molecule has 0 saturated carbocycles. The molecule has 0 bridgehead atoms. The highest BCUT2D eigenvalue weighted by molar-refractivity contribution is 6.81. The third-order valence-corrected chi connectivity index (χ3v) is 3.56. The van der Waals surface area contributed by atoms with Gasteiger partial charge in [-0.2, -0.15) is 0 Å². The van der Waals surface area contributed by atoms with Gasteiger partial charge in [-0.1, -0.05) is 44.1 Å². The van der Waals surface area contributed by atoms with Crippen molar-refractivity contribution in [3.8, 4) is 0 Å². The van der Waals surface area contributed by atoms with Crippen LogP contribution in [0.3, 0.4) is 0 Å². The Morgan fingerprint density at radius 2 is 1.76 bits per heavy atom. The molecule has 0 aliphatic rings. The minimum absolute atomic E-state index is 0.207. The first-order valence-electron chi connectivity index (χ1n) is 5.69. The van der Waals surface area contributed by atoms with Gasteiger partial charge in [-0.25, -0.2) is 4.39 Å². The number of hydrogen-bond acceptors (Lipinski definition) is 0. The Morgan fingerprint density at radius 3 is 2.18 bits per heavy atom. The van der Waals surface area contributed by atoms with E-state index in [-0.39, 0.29) is 5.82 Å². The van der Waals surface area contributed by atoms with E-state index in [1.165, 1.54) is 12.1 Å². The summed E-state index contributed by atoms with van der Waals surface area (Å²) in [5.41, 5.74) is 8.39. The lowest BCUT2D eigenvalue weighted by atomic mass is 10.0. The van der Waals surface area contributed by atoms with E-state index in [1.54, 1.807) is 0 Å². The van der Waals surface area contributed by atoms with Gasteiger partial charge in [-0.3, -0.25) is 0 Å². The number of rotatable bonds is 3. The smallest absolute Gasteiger partial charge is 0.123 e. The second-order valence-electron chi connectivity index (χ2n) is 5.23. The Balaban J connectivity index is 3.30. The van der Waals surface area contributed by atoms with E-state index in [1.807, 2.05) is 19.1 Å². The van der Waals surface area contributed by atoms with Crippen molar-refractivity contribution in [1.82, 2.24) is 0 Å². The predicted octanol–water partition coefficient (Wildman–Crippen LogP) is 4.82. The zero-order chi connectivity index (χ0) is 13.1. The predicted molar refractivity (Wildman–Crippen MR) is 76.1 cm³/mol. The van der Waals surface area contributed by atoms with Crippen molar-refractivity contribution >= 4 is 13.6 Å². The Hall–Kier alpha value is -1.37. The van der Waals surface area contributed by atoms with Gasteiger partial charge in [0.05, 0.1) is 8.07 Å². The first kappa shape index (κ1) is 13.7. The lowest BCUT2D eigenvalue weighted by Gasteiger charge is -2.15. The van der Waals surface area contributed by atoms with Gasteiger partial charge in [-0.05, 0) is 35.8 Å². The van der Waals surface area contributed by atoms with Crippen molar-refractivity contribution in [2.45, 2.75) is 26.6 Å². The molecule has 0 N–H and O–H groups in total. The second kappa shape index (κ2) is 5.31. The van der Waals surface area contributed by atoms with Crippen LogP contribution in [0.2, 0.25) is 19.6 Å². The number of halogens is 1. The summed E-state index contributed by atoms with van der Waals surface area (Å²) >= 11 is 0.